The number of aromatic nitrogens is 3. The molecule has 6 nitrogen and oxygen atoms in total. The highest BCUT2D eigenvalue weighted by molar-refractivity contribution is 5.79. The topological polar surface area (TPSA) is 54.7 Å². The van der Waals surface area contributed by atoms with Gasteiger partial charge in [0.1, 0.15) is 18.0 Å². The predicted octanol–water partition coefficient (Wildman–Crippen LogP) is 4.36. The Bertz CT molecular complexity index is 1200. The second-order valence-electron chi connectivity index (χ2n) is 7.53. The molecule has 0 atom stereocenters. The summed E-state index contributed by atoms with van der Waals surface area (Å²) in [5.41, 5.74) is 4.25. The number of methoxy groups -OCH3 is 1. The van der Waals surface area contributed by atoms with Gasteiger partial charge in [-0.25, -0.2) is 8.78 Å². The minimum Gasteiger partial charge on any atom is -0.493 e. The van der Waals surface area contributed by atoms with Crippen molar-refractivity contribution in [2.45, 2.75) is 13.1 Å². The van der Waals surface area contributed by atoms with Crippen molar-refractivity contribution in [2.24, 2.45) is 0 Å². The van der Waals surface area contributed by atoms with Crippen molar-refractivity contribution >= 4 is 11.5 Å². The smallest absolute Gasteiger partial charge is 0.170 e. The Balaban J connectivity index is 1.62. The first-order chi connectivity index (χ1) is 15.0. The molecule has 4 aromatic rings. The van der Waals surface area contributed by atoms with Crippen molar-refractivity contribution in [3.63, 3.8) is 0 Å². The summed E-state index contributed by atoms with van der Waals surface area (Å²) in [5, 5.41) is 11.5. The van der Waals surface area contributed by atoms with E-state index in [2.05, 4.69) is 44.7 Å². The molecule has 0 bridgehead atoms. The molecule has 160 valence electrons. The summed E-state index contributed by atoms with van der Waals surface area (Å²) in [5.74, 6) is -0.678. The number of anilines is 1. The monoisotopic (exact) mass is 423 g/mol. The summed E-state index contributed by atoms with van der Waals surface area (Å²) >= 11 is 0. The lowest BCUT2D eigenvalue weighted by molar-refractivity contribution is 0.379. The lowest BCUT2D eigenvalue weighted by Crippen LogP contribution is -2.10. The van der Waals surface area contributed by atoms with Crippen LogP contribution in [0.1, 0.15) is 11.1 Å². The molecule has 0 spiro atoms. The molecule has 2 heterocycles. The standard InChI is InChI=1S/C23H23F2N5O/c1-29(2)13-15-4-6-16(7-5-15)19-8-9-21(30-14-27-28-23(19)30)26-12-17-10-18(24)11-20(25)22(17)31-3/h4-11,14,26H,12-13H2,1-3H3. The maximum Gasteiger partial charge on any atom is 0.170 e. The number of fused-ring (bicyclic) bond motifs is 1. The van der Waals surface area contributed by atoms with Gasteiger partial charge in [-0.1, -0.05) is 24.3 Å². The zero-order valence-corrected chi connectivity index (χ0v) is 17.6. The number of benzene rings is 2. The Morgan fingerprint density at radius 3 is 2.55 bits per heavy atom. The molecule has 2 aromatic carbocycles. The van der Waals surface area contributed by atoms with Crippen molar-refractivity contribution in [3.8, 4) is 16.9 Å². The Labute approximate surface area is 179 Å². The number of pyridine rings is 1. The van der Waals surface area contributed by atoms with Gasteiger partial charge in [-0.3, -0.25) is 4.40 Å². The van der Waals surface area contributed by atoms with Crippen LogP contribution < -0.4 is 10.1 Å². The van der Waals surface area contributed by atoms with E-state index in [1.807, 2.05) is 30.6 Å². The third-order valence-electron chi connectivity index (χ3n) is 4.97. The van der Waals surface area contributed by atoms with Crippen LogP contribution in [0.25, 0.3) is 16.8 Å². The maximum atomic E-state index is 14.0. The van der Waals surface area contributed by atoms with E-state index in [0.717, 1.165) is 23.7 Å². The van der Waals surface area contributed by atoms with E-state index in [1.54, 1.807) is 6.33 Å². The lowest BCUT2D eigenvalue weighted by atomic mass is 10.0. The van der Waals surface area contributed by atoms with Gasteiger partial charge in [0.15, 0.2) is 17.2 Å². The van der Waals surface area contributed by atoms with Crippen LogP contribution in [0.4, 0.5) is 14.6 Å². The first kappa shape index (κ1) is 20.7. The highest BCUT2D eigenvalue weighted by Gasteiger charge is 2.14. The van der Waals surface area contributed by atoms with Crippen molar-refractivity contribution in [1.29, 1.82) is 0 Å². The highest BCUT2D eigenvalue weighted by atomic mass is 19.1. The zero-order valence-electron chi connectivity index (χ0n) is 17.6. The van der Waals surface area contributed by atoms with Gasteiger partial charge in [-0.15, -0.1) is 10.2 Å². The molecule has 1 N–H and O–H groups in total. The fraction of sp³-hybridized carbons (Fsp3) is 0.217. The van der Waals surface area contributed by atoms with E-state index in [9.17, 15) is 8.78 Å². The van der Waals surface area contributed by atoms with Crippen LogP contribution in [0.2, 0.25) is 0 Å². The number of nitrogens with one attached hydrogen (secondary N) is 1. The molecule has 8 heteroatoms. The number of hydrogen-bond acceptors (Lipinski definition) is 5. The van der Waals surface area contributed by atoms with Crippen LogP contribution in [0.5, 0.6) is 5.75 Å². The Morgan fingerprint density at radius 1 is 1.06 bits per heavy atom. The van der Waals surface area contributed by atoms with E-state index < -0.39 is 11.6 Å². The van der Waals surface area contributed by atoms with E-state index in [-0.39, 0.29) is 12.3 Å². The number of halogens is 2. The molecular weight excluding hydrogens is 400 g/mol. The average molecular weight is 423 g/mol. The van der Waals surface area contributed by atoms with E-state index >= 15 is 0 Å². The normalized spacial score (nSPS) is 11.3. The summed E-state index contributed by atoms with van der Waals surface area (Å²) < 4.78 is 34.5. The van der Waals surface area contributed by atoms with Gasteiger partial charge in [0, 0.05) is 30.3 Å². The van der Waals surface area contributed by atoms with Crippen molar-refractivity contribution in [3.05, 3.63) is 77.6 Å². The lowest BCUT2D eigenvalue weighted by Gasteiger charge is -2.14. The summed E-state index contributed by atoms with van der Waals surface area (Å²) in [6.07, 6.45) is 1.60. The molecule has 0 fully saturated rings. The van der Waals surface area contributed by atoms with Crippen LogP contribution in [0, 0.1) is 11.6 Å². The van der Waals surface area contributed by atoms with Crippen LogP contribution in [-0.4, -0.2) is 40.7 Å². The van der Waals surface area contributed by atoms with E-state index in [0.29, 0.717) is 17.0 Å². The van der Waals surface area contributed by atoms with E-state index in [4.69, 9.17) is 4.74 Å². The second-order valence-corrected chi connectivity index (χ2v) is 7.53. The van der Waals surface area contributed by atoms with E-state index in [1.165, 1.54) is 18.7 Å². The largest absolute Gasteiger partial charge is 0.493 e. The van der Waals surface area contributed by atoms with Crippen LogP contribution in [0.15, 0.2) is 54.9 Å². The minimum absolute atomic E-state index is 0.0170. The molecule has 0 amide bonds. The minimum atomic E-state index is -0.734. The third-order valence-corrected chi connectivity index (χ3v) is 4.97. The molecule has 0 aliphatic rings. The van der Waals surface area contributed by atoms with Crippen LogP contribution >= 0.6 is 0 Å². The molecule has 0 saturated heterocycles. The zero-order chi connectivity index (χ0) is 22.0. The fourth-order valence-electron chi connectivity index (χ4n) is 3.60. The molecule has 0 radical (unpaired) electrons. The Morgan fingerprint density at radius 2 is 1.84 bits per heavy atom. The van der Waals surface area contributed by atoms with Gasteiger partial charge >= 0.3 is 0 Å². The SMILES string of the molecule is COc1c(F)cc(F)cc1CNc1ccc(-c2ccc(CN(C)C)cc2)c2nncn12. The summed E-state index contributed by atoms with van der Waals surface area (Å²) in [4.78, 5) is 2.12. The van der Waals surface area contributed by atoms with Gasteiger partial charge in [0.05, 0.1) is 7.11 Å². The summed E-state index contributed by atoms with van der Waals surface area (Å²) in [6.45, 7) is 1.04. The molecule has 0 saturated carbocycles. The second kappa shape index (κ2) is 8.69. The van der Waals surface area contributed by atoms with Crippen molar-refractivity contribution in [1.82, 2.24) is 19.5 Å². The van der Waals surface area contributed by atoms with Crippen molar-refractivity contribution in [2.75, 3.05) is 26.5 Å². The number of ether oxygens (including phenoxy) is 1. The fourth-order valence-corrected chi connectivity index (χ4v) is 3.60. The first-order valence-electron chi connectivity index (χ1n) is 9.79. The van der Waals surface area contributed by atoms with Gasteiger partial charge in [-0.2, -0.15) is 0 Å². The van der Waals surface area contributed by atoms with Crippen molar-refractivity contribution < 1.29 is 13.5 Å². The number of nitrogens with zero attached hydrogens (tertiary/aromatic N) is 4. The quantitative estimate of drug-likeness (QED) is 0.479. The van der Waals surface area contributed by atoms with Crippen LogP contribution in [0.3, 0.4) is 0 Å². The van der Waals surface area contributed by atoms with Gasteiger partial charge in [0.2, 0.25) is 0 Å². The number of hydrogen-bond donors (Lipinski definition) is 1. The van der Waals surface area contributed by atoms with Crippen LogP contribution in [-0.2, 0) is 13.1 Å². The molecule has 0 aliphatic carbocycles. The molecule has 0 aliphatic heterocycles. The van der Waals surface area contributed by atoms with Gasteiger partial charge in [-0.05, 0) is 43.4 Å². The molecule has 4 rings (SSSR count). The van der Waals surface area contributed by atoms with Gasteiger partial charge in [0.25, 0.3) is 0 Å². The summed E-state index contributed by atoms with van der Waals surface area (Å²) in [7, 11) is 5.43. The average Bonchev–Trinajstić information content (AvgIpc) is 3.22. The molecular formula is C23H23F2N5O. The Kier molecular flexibility index (Phi) is 5.81. The first-order valence-corrected chi connectivity index (χ1v) is 9.79. The molecule has 31 heavy (non-hydrogen) atoms. The number of rotatable bonds is 7. The maximum absolute atomic E-state index is 14.0. The molecule has 0 unspecified atom stereocenters. The van der Waals surface area contributed by atoms with Gasteiger partial charge < -0.3 is 15.0 Å². The molecule has 2 aromatic heterocycles. The summed E-state index contributed by atoms with van der Waals surface area (Å²) in [6, 6.07) is 14.2. The Hall–Kier alpha value is -3.52. The predicted molar refractivity (Wildman–Crippen MR) is 116 cm³/mol. The third kappa shape index (κ3) is 4.34. The highest BCUT2D eigenvalue weighted by Crippen LogP contribution is 2.28.